The van der Waals surface area contributed by atoms with E-state index < -0.39 is 0 Å². The van der Waals surface area contributed by atoms with Gasteiger partial charge < -0.3 is 10.1 Å². The van der Waals surface area contributed by atoms with Crippen molar-refractivity contribution in [3.63, 3.8) is 0 Å². The molecule has 0 radical (unpaired) electrons. The number of hydrogen-bond donors (Lipinski definition) is 1. The Bertz CT molecular complexity index is 551. The van der Waals surface area contributed by atoms with E-state index in [2.05, 4.69) is 10.2 Å². The average Bonchev–Trinajstić information content (AvgIpc) is 2.56. The number of rotatable bonds is 5. The first kappa shape index (κ1) is 17.5. The Morgan fingerprint density at radius 1 is 1.30 bits per heavy atom. The van der Waals surface area contributed by atoms with Crippen molar-refractivity contribution in [1.29, 1.82) is 0 Å². The molecule has 1 heterocycles. The molecule has 1 atom stereocenters. The minimum absolute atomic E-state index is 0.00566. The molecule has 5 nitrogen and oxygen atoms in total. The second kappa shape index (κ2) is 8.11. The SMILES string of the molecule is CCOC(=O)C1CCN(C(C)C(=O)Nc2ccccc2C)CC1. The third-order valence-corrected chi connectivity index (χ3v) is 4.48. The largest absolute Gasteiger partial charge is 0.466 e. The van der Waals surface area contributed by atoms with E-state index in [1.165, 1.54) is 0 Å². The second-order valence-corrected chi connectivity index (χ2v) is 6.04. The van der Waals surface area contributed by atoms with Gasteiger partial charge >= 0.3 is 5.97 Å². The Labute approximate surface area is 138 Å². The van der Waals surface area contributed by atoms with E-state index in [9.17, 15) is 9.59 Å². The number of ether oxygens (including phenoxy) is 1. The van der Waals surface area contributed by atoms with Crippen LogP contribution in [0, 0.1) is 12.8 Å². The maximum absolute atomic E-state index is 12.4. The van der Waals surface area contributed by atoms with Gasteiger partial charge in [0.2, 0.25) is 5.91 Å². The summed E-state index contributed by atoms with van der Waals surface area (Å²) in [6.45, 7) is 7.63. The number of carbonyl (C=O) groups excluding carboxylic acids is 2. The van der Waals surface area contributed by atoms with E-state index in [4.69, 9.17) is 4.74 Å². The number of esters is 1. The highest BCUT2D eigenvalue weighted by Crippen LogP contribution is 2.21. The van der Waals surface area contributed by atoms with Gasteiger partial charge in [-0.25, -0.2) is 0 Å². The molecule has 0 spiro atoms. The van der Waals surface area contributed by atoms with Gasteiger partial charge in [-0.3, -0.25) is 14.5 Å². The Hall–Kier alpha value is -1.88. The fraction of sp³-hybridized carbons (Fsp3) is 0.556. The summed E-state index contributed by atoms with van der Waals surface area (Å²) < 4.78 is 5.08. The quantitative estimate of drug-likeness (QED) is 0.848. The molecule has 1 N–H and O–H groups in total. The van der Waals surface area contributed by atoms with E-state index in [1.54, 1.807) is 0 Å². The molecule has 0 saturated carbocycles. The number of amides is 1. The molecule has 5 heteroatoms. The minimum atomic E-state index is -0.210. The monoisotopic (exact) mass is 318 g/mol. The zero-order chi connectivity index (χ0) is 16.8. The smallest absolute Gasteiger partial charge is 0.309 e. The van der Waals surface area contributed by atoms with Crippen molar-refractivity contribution >= 4 is 17.6 Å². The third-order valence-electron chi connectivity index (χ3n) is 4.48. The van der Waals surface area contributed by atoms with E-state index in [0.717, 1.165) is 37.2 Å². The molecule has 0 aromatic heterocycles. The number of nitrogens with one attached hydrogen (secondary N) is 1. The first-order valence-electron chi connectivity index (χ1n) is 8.30. The normalized spacial score (nSPS) is 17.5. The van der Waals surface area contributed by atoms with Crippen LogP contribution in [0.3, 0.4) is 0 Å². The summed E-state index contributed by atoms with van der Waals surface area (Å²) in [4.78, 5) is 26.3. The predicted octanol–water partition coefficient (Wildman–Crippen LogP) is 2.60. The van der Waals surface area contributed by atoms with E-state index >= 15 is 0 Å². The maximum atomic E-state index is 12.4. The molecule has 23 heavy (non-hydrogen) atoms. The highest BCUT2D eigenvalue weighted by molar-refractivity contribution is 5.95. The van der Waals surface area contributed by atoms with Crippen molar-refractivity contribution in [2.45, 2.75) is 39.7 Å². The first-order chi connectivity index (χ1) is 11.0. The van der Waals surface area contributed by atoms with Gasteiger partial charge in [0.25, 0.3) is 0 Å². The van der Waals surface area contributed by atoms with Gasteiger partial charge in [-0.05, 0) is 58.3 Å². The highest BCUT2D eigenvalue weighted by atomic mass is 16.5. The van der Waals surface area contributed by atoms with Crippen LogP contribution in [0.1, 0.15) is 32.3 Å². The highest BCUT2D eigenvalue weighted by Gasteiger charge is 2.30. The van der Waals surface area contributed by atoms with Gasteiger partial charge in [-0.2, -0.15) is 0 Å². The molecule has 2 rings (SSSR count). The van der Waals surface area contributed by atoms with Crippen molar-refractivity contribution in [1.82, 2.24) is 4.90 Å². The van der Waals surface area contributed by atoms with Crippen LogP contribution in [0.5, 0.6) is 0 Å². The lowest BCUT2D eigenvalue weighted by Crippen LogP contribution is -2.47. The fourth-order valence-corrected chi connectivity index (χ4v) is 2.90. The van der Waals surface area contributed by atoms with Gasteiger partial charge in [0.05, 0.1) is 18.6 Å². The van der Waals surface area contributed by atoms with Crippen molar-refractivity contribution in [3.8, 4) is 0 Å². The maximum Gasteiger partial charge on any atom is 0.309 e. The van der Waals surface area contributed by atoms with E-state index in [0.29, 0.717) is 6.61 Å². The lowest BCUT2D eigenvalue weighted by atomic mass is 9.96. The van der Waals surface area contributed by atoms with Gasteiger partial charge in [-0.15, -0.1) is 0 Å². The van der Waals surface area contributed by atoms with Crippen LogP contribution < -0.4 is 5.32 Å². The number of para-hydroxylation sites is 1. The predicted molar refractivity (Wildman–Crippen MR) is 90.2 cm³/mol. The number of aryl methyl sites for hydroxylation is 1. The molecule has 0 aliphatic carbocycles. The molecule has 1 aliphatic heterocycles. The van der Waals surface area contributed by atoms with E-state index in [1.807, 2.05) is 45.0 Å². The summed E-state index contributed by atoms with van der Waals surface area (Å²) in [5.74, 6) is -0.143. The van der Waals surface area contributed by atoms with Crippen LogP contribution in [0.25, 0.3) is 0 Å². The summed E-state index contributed by atoms with van der Waals surface area (Å²) >= 11 is 0. The minimum Gasteiger partial charge on any atom is -0.466 e. The topological polar surface area (TPSA) is 58.6 Å². The molecule has 1 aromatic carbocycles. The molecule has 1 fully saturated rings. The molecule has 0 bridgehead atoms. The first-order valence-corrected chi connectivity index (χ1v) is 8.30. The summed E-state index contributed by atoms with van der Waals surface area (Å²) in [6.07, 6.45) is 1.50. The van der Waals surface area contributed by atoms with Crippen molar-refractivity contribution in [2.75, 3.05) is 25.0 Å². The van der Waals surface area contributed by atoms with Gasteiger partial charge in [0, 0.05) is 5.69 Å². The molecule has 1 aliphatic rings. The number of hydrogen-bond acceptors (Lipinski definition) is 4. The zero-order valence-corrected chi connectivity index (χ0v) is 14.2. The van der Waals surface area contributed by atoms with Crippen LogP contribution in [0.2, 0.25) is 0 Å². The number of nitrogens with zero attached hydrogens (tertiary/aromatic N) is 1. The van der Waals surface area contributed by atoms with E-state index in [-0.39, 0.29) is 23.8 Å². The standard InChI is InChI=1S/C18H26N2O3/c1-4-23-18(22)15-9-11-20(12-10-15)14(3)17(21)19-16-8-6-5-7-13(16)2/h5-8,14-15H,4,9-12H2,1-3H3,(H,19,21). The second-order valence-electron chi connectivity index (χ2n) is 6.04. The molecule has 1 unspecified atom stereocenters. The molecule has 1 aromatic rings. The molecular weight excluding hydrogens is 292 g/mol. The van der Waals surface area contributed by atoms with Crippen LogP contribution in [0.4, 0.5) is 5.69 Å². The van der Waals surface area contributed by atoms with Gasteiger partial charge in [-0.1, -0.05) is 18.2 Å². The number of likely N-dealkylation sites (tertiary alicyclic amines) is 1. The number of anilines is 1. The van der Waals surface area contributed by atoms with Crippen molar-refractivity contribution in [2.24, 2.45) is 5.92 Å². The van der Waals surface area contributed by atoms with Gasteiger partial charge in [0.1, 0.15) is 0 Å². The lowest BCUT2D eigenvalue weighted by molar-refractivity contribution is -0.149. The van der Waals surface area contributed by atoms with Gasteiger partial charge in [0.15, 0.2) is 0 Å². The third kappa shape index (κ3) is 4.55. The number of carbonyl (C=O) groups is 2. The summed E-state index contributed by atoms with van der Waals surface area (Å²) in [5, 5.41) is 2.99. The van der Waals surface area contributed by atoms with Crippen molar-refractivity contribution in [3.05, 3.63) is 29.8 Å². The molecular formula is C18H26N2O3. The van der Waals surface area contributed by atoms with Crippen molar-refractivity contribution < 1.29 is 14.3 Å². The van der Waals surface area contributed by atoms with Crippen LogP contribution >= 0.6 is 0 Å². The number of benzene rings is 1. The fourth-order valence-electron chi connectivity index (χ4n) is 2.90. The Balaban J connectivity index is 1.87. The van der Waals surface area contributed by atoms with Crippen LogP contribution in [-0.4, -0.2) is 42.5 Å². The molecule has 1 saturated heterocycles. The molecule has 1 amide bonds. The Morgan fingerprint density at radius 3 is 2.57 bits per heavy atom. The Kier molecular flexibility index (Phi) is 6.16. The summed E-state index contributed by atoms with van der Waals surface area (Å²) in [5.41, 5.74) is 1.90. The summed E-state index contributed by atoms with van der Waals surface area (Å²) in [6, 6.07) is 7.54. The number of piperidine rings is 1. The lowest BCUT2D eigenvalue weighted by Gasteiger charge is -2.34. The average molecular weight is 318 g/mol. The van der Waals surface area contributed by atoms with Crippen LogP contribution in [0.15, 0.2) is 24.3 Å². The van der Waals surface area contributed by atoms with Crippen LogP contribution in [-0.2, 0) is 14.3 Å². The molecule has 126 valence electrons. The Morgan fingerprint density at radius 2 is 1.96 bits per heavy atom. The zero-order valence-electron chi connectivity index (χ0n) is 14.2. The summed E-state index contributed by atoms with van der Waals surface area (Å²) in [7, 11) is 0.